The smallest absolute Gasteiger partial charge is 0.126 e. The Balaban J connectivity index is 2.07. The van der Waals surface area contributed by atoms with Crippen LogP contribution in [-0.4, -0.2) is 14.1 Å². The molecule has 0 bridgehead atoms. The molecule has 1 aliphatic carbocycles. The first-order valence-corrected chi connectivity index (χ1v) is 8.62. The largest absolute Gasteiger partial charge is 0.226 e. The van der Waals surface area contributed by atoms with Crippen LogP contribution < -0.4 is 0 Å². The molecule has 0 aliphatic heterocycles. The van der Waals surface area contributed by atoms with Crippen LogP contribution in [0.2, 0.25) is 0 Å². The van der Waals surface area contributed by atoms with Gasteiger partial charge in [-0.3, -0.25) is 0 Å². The second kappa shape index (κ2) is 5.60. The van der Waals surface area contributed by atoms with Crippen LogP contribution in [0.4, 0.5) is 0 Å². The molecule has 0 spiro atoms. The molecule has 1 aromatic heterocycles. The summed E-state index contributed by atoms with van der Waals surface area (Å²) in [4.78, 5) is 0. The minimum Gasteiger partial charge on any atom is -0.226 e. The zero-order valence-corrected chi connectivity index (χ0v) is 15.1. The first-order chi connectivity index (χ1) is 9.92. The van der Waals surface area contributed by atoms with Crippen molar-refractivity contribution in [1.29, 1.82) is 0 Å². The summed E-state index contributed by atoms with van der Waals surface area (Å²) in [6, 6.07) is 9.40. The Labute approximate surface area is 143 Å². The summed E-state index contributed by atoms with van der Waals surface area (Å²) >= 11 is 16.1. The Hall–Kier alpha value is -0.510. The molecule has 5 heteroatoms. The maximum absolute atomic E-state index is 6.25. The number of nitrogens with zero attached hydrogens (tertiary/aromatic N) is 2. The molecule has 21 heavy (non-hydrogen) atoms. The molecule has 1 aromatic carbocycles. The van der Waals surface area contributed by atoms with Crippen molar-refractivity contribution in [2.24, 2.45) is 0 Å². The molecule has 0 saturated heterocycles. The predicted molar refractivity (Wildman–Crippen MR) is 90.6 cm³/mol. The summed E-state index contributed by atoms with van der Waals surface area (Å²) < 4.78 is 2.24. The van der Waals surface area contributed by atoms with Gasteiger partial charge in [-0.1, -0.05) is 13.3 Å². The van der Waals surface area contributed by atoms with Gasteiger partial charge in [0.1, 0.15) is 8.94 Å². The average Bonchev–Trinajstić information content (AvgIpc) is 2.88. The lowest BCUT2D eigenvalue weighted by atomic mass is 10.1. The first-order valence-electron chi connectivity index (χ1n) is 7.07. The number of aromatic nitrogens is 2. The second-order valence-electron chi connectivity index (χ2n) is 5.59. The maximum Gasteiger partial charge on any atom is 0.126 e. The lowest BCUT2D eigenvalue weighted by Gasteiger charge is -2.12. The highest BCUT2D eigenvalue weighted by Gasteiger charge is 2.53. The molecule has 3 rings (SSSR count). The van der Waals surface area contributed by atoms with Gasteiger partial charge in [-0.2, -0.15) is 5.10 Å². The van der Waals surface area contributed by atoms with E-state index in [0.717, 1.165) is 46.4 Å². The van der Waals surface area contributed by atoms with E-state index < -0.39 is 4.33 Å². The number of alkyl halides is 2. The molecule has 2 aromatic rings. The molecule has 0 amide bonds. The van der Waals surface area contributed by atoms with Crippen molar-refractivity contribution < 1.29 is 0 Å². The van der Waals surface area contributed by atoms with Crippen LogP contribution in [0.3, 0.4) is 0 Å². The van der Waals surface area contributed by atoms with E-state index in [4.69, 9.17) is 28.3 Å². The number of hydrogen-bond acceptors (Lipinski definition) is 1. The third-order valence-electron chi connectivity index (χ3n) is 3.76. The normalized spacial score (nSPS) is 19.8. The SMILES string of the molecule is CCCc1cc(Br)n(-c2cc(C)[c]cc2C2CC2(Cl)Cl)n1. The predicted octanol–water partition coefficient (Wildman–Crippen LogP) is 5.36. The molecule has 0 N–H and O–H groups in total. The Morgan fingerprint density at radius 3 is 2.81 bits per heavy atom. The Morgan fingerprint density at radius 1 is 1.48 bits per heavy atom. The van der Waals surface area contributed by atoms with E-state index in [1.165, 1.54) is 0 Å². The van der Waals surface area contributed by atoms with Gasteiger partial charge in [-0.05, 0) is 71.1 Å². The standard InChI is InChI=1S/C16H16BrCl2N2/c1-3-4-11-8-15(17)21(20-11)14-7-10(2)5-6-12(14)13-9-16(13,18)19/h6-8,13H,3-4,9H2,1-2H3. The molecule has 1 radical (unpaired) electrons. The van der Waals surface area contributed by atoms with Gasteiger partial charge >= 0.3 is 0 Å². The van der Waals surface area contributed by atoms with Gasteiger partial charge in [0.2, 0.25) is 0 Å². The van der Waals surface area contributed by atoms with Crippen molar-refractivity contribution in [3.63, 3.8) is 0 Å². The summed E-state index contributed by atoms with van der Waals surface area (Å²) in [5, 5.41) is 4.70. The summed E-state index contributed by atoms with van der Waals surface area (Å²) in [6.07, 6.45) is 2.82. The minimum absolute atomic E-state index is 0.151. The topological polar surface area (TPSA) is 17.8 Å². The summed E-state index contributed by atoms with van der Waals surface area (Å²) in [5.74, 6) is 0.151. The summed E-state index contributed by atoms with van der Waals surface area (Å²) in [7, 11) is 0. The Bertz CT molecular complexity index is 679. The molecule has 2 nitrogen and oxygen atoms in total. The van der Waals surface area contributed by atoms with E-state index in [-0.39, 0.29) is 5.92 Å². The second-order valence-corrected chi connectivity index (χ2v) is 7.95. The van der Waals surface area contributed by atoms with Crippen LogP contribution in [0.25, 0.3) is 5.69 Å². The Morgan fingerprint density at radius 2 is 2.19 bits per heavy atom. The third-order valence-corrected chi connectivity index (χ3v) is 5.16. The number of benzene rings is 1. The van der Waals surface area contributed by atoms with E-state index in [0.29, 0.717) is 0 Å². The number of aryl methyl sites for hydroxylation is 2. The monoisotopic (exact) mass is 385 g/mol. The molecule has 111 valence electrons. The minimum atomic E-state index is -0.649. The fourth-order valence-electron chi connectivity index (χ4n) is 2.56. The van der Waals surface area contributed by atoms with Crippen molar-refractivity contribution in [3.05, 3.63) is 45.7 Å². The third kappa shape index (κ3) is 3.01. The highest BCUT2D eigenvalue weighted by Crippen LogP contribution is 2.60. The fourth-order valence-corrected chi connectivity index (χ4v) is 3.64. The van der Waals surface area contributed by atoms with Gasteiger partial charge in [0, 0.05) is 5.92 Å². The highest BCUT2D eigenvalue weighted by molar-refractivity contribution is 9.10. The molecule has 1 aliphatic rings. The van der Waals surface area contributed by atoms with Gasteiger partial charge in [0.05, 0.1) is 11.4 Å². The molecule has 1 unspecified atom stereocenters. The molecule has 1 fully saturated rings. The highest BCUT2D eigenvalue weighted by atomic mass is 79.9. The lowest BCUT2D eigenvalue weighted by Crippen LogP contribution is -2.04. The zero-order chi connectivity index (χ0) is 15.2. The van der Waals surface area contributed by atoms with Crippen LogP contribution in [0, 0.1) is 13.0 Å². The number of rotatable bonds is 4. The van der Waals surface area contributed by atoms with E-state index >= 15 is 0 Å². The van der Waals surface area contributed by atoms with Gasteiger partial charge in [0.15, 0.2) is 0 Å². The maximum atomic E-state index is 6.25. The molecule has 1 saturated carbocycles. The summed E-state index contributed by atoms with van der Waals surface area (Å²) in [6.45, 7) is 4.18. The van der Waals surface area contributed by atoms with Crippen LogP contribution in [0.5, 0.6) is 0 Å². The van der Waals surface area contributed by atoms with E-state index in [9.17, 15) is 0 Å². The van der Waals surface area contributed by atoms with Gasteiger partial charge in [-0.15, -0.1) is 23.2 Å². The van der Waals surface area contributed by atoms with Crippen molar-refractivity contribution in [3.8, 4) is 5.69 Å². The van der Waals surface area contributed by atoms with Gasteiger partial charge < -0.3 is 0 Å². The van der Waals surface area contributed by atoms with Crippen LogP contribution >= 0.6 is 39.1 Å². The van der Waals surface area contributed by atoms with Crippen LogP contribution in [0.15, 0.2) is 22.8 Å². The summed E-state index contributed by atoms with van der Waals surface area (Å²) in [5.41, 5.74) is 4.30. The first kappa shape index (κ1) is 15.4. The fraction of sp³-hybridized carbons (Fsp3) is 0.438. The van der Waals surface area contributed by atoms with Crippen molar-refractivity contribution in [1.82, 2.24) is 9.78 Å². The van der Waals surface area contributed by atoms with Crippen molar-refractivity contribution >= 4 is 39.1 Å². The van der Waals surface area contributed by atoms with Crippen LogP contribution in [-0.2, 0) is 6.42 Å². The van der Waals surface area contributed by atoms with Gasteiger partial charge in [-0.25, -0.2) is 4.68 Å². The zero-order valence-electron chi connectivity index (χ0n) is 12.0. The number of hydrogen-bond donors (Lipinski definition) is 0. The van der Waals surface area contributed by atoms with E-state index in [1.54, 1.807) is 0 Å². The average molecular weight is 387 g/mol. The quantitative estimate of drug-likeness (QED) is 0.647. The van der Waals surface area contributed by atoms with E-state index in [2.05, 4.69) is 41.1 Å². The van der Waals surface area contributed by atoms with Crippen molar-refractivity contribution in [2.45, 2.75) is 43.4 Å². The van der Waals surface area contributed by atoms with Gasteiger partial charge in [0.25, 0.3) is 0 Å². The molecular weight excluding hydrogens is 371 g/mol. The Kier molecular flexibility index (Phi) is 4.10. The van der Waals surface area contributed by atoms with E-state index in [1.807, 2.05) is 17.7 Å². The molecular formula is C16H16BrCl2N2. The number of halogens is 3. The van der Waals surface area contributed by atoms with Crippen molar-refractivity contribution in [2.75, 3.05) is 0 Å². The molecule has 1 atom stereocenters. The van der Waals surface area contributed by atoms with Crippen LogP contribution in [0.1, 0.15) is 42.5 Å². The molecule has 1 heterocycles. The lowest BCUT2D eigenvalue weighted by molar-refractivity contribution is 0.789.